The number of carbonyl (C=O) groups is 1. The van der Waals surface area contributed by atoms with Crippen molar-refractivity contribution in [1.29, 1.82) is 0 Å². The summed E-state index contributed by atoms with van der Waals surface area (Å²) in [4.78, 5) is 15.3. The number of aromatic nitrogens is 1. The third kappa shape index (κ3) is 2.47. The van der Waals surface area contributed by atoms with Crippen molar-refractivity contribution in [1.82, 2.24) is 10.3 Å². The molecule has 1 aromatic heterocycles. The second-order valence-corrected chi connectivity index (χ2v) is 4.82. The summed E-state index contributed by atoms with van der Waals surface area (Å²) in [6, 6.07) is 5.83. The molecule has 2 rings (SSSR count). The molecule has 18 heavy (non-hydrogen) atoms. The number of rotatable bonds is 4. The highest BCUT2D eigenvalue weighted by Crippen LogP contribution is 2.23. The summed E-state index contributed by atoms with van der Waals surface area (Å²) in [5, 5.41) is 7.05. The van der Waals surface area contributed by atoms with Crippen molar-refractivity contribution in [2.75, 3.05) is 18.9 Å². The van der Waals surface area contributed by atoms with E-state index in [-0.39, 0.29) is 5.91 Å². The van der Waals surface area contributed by atoms with Crippen LogP contribution in [0.1, 0.15) is 24.2 Å². The topological polar surface area (TPSA) is 56.9 Å². The summed E-state index contributed by atoms with van der Waals surface area (Å²) < 4.78 is 0. The fraction of sp³-hybridized carbons (Fsp3) is 0.357. The maximum absolute atomic E-state index is 12.1. The van der Waals surface area contributed by atoms with Gasteiger partial charge in [0.1, 0.15) is 0 Å². The highest BCUT2D eigenvalue weighted by Gasteiger charge is 2.12. The predicted octanol–water partition coefficient (Wildman–Crippen LogP) is 2.60. The first kappa shape index (κ1) is 12.5. The third-order valence-corrected chi connectivity index (χ3v) is 2.88. The molecular weight excluding hydrogens is 226 g/mol. The van der Waals surface area contributed by atoms with Gasteiger partial charge < -0.3 is 15.6 Å². The van der Waals surface area contributed by atoms with E-state index in [1.54, 1.807) is 0 Å². The van der Waals surface area contributed by atoms with Crippen LogP contribution in [0.3, 0.4) is 0 Å². The maximum Gasteiger partial charge on any atom is 0.253 e. The average Bonchev–Trinajstić information content (AvgIpc) is 2.81. The van der Waals surface area contributed by atoms with Gasteiger partial charge in [-0.05, 0) is 24.1 Å². The minimum atomic E-state index is -0.0313. The lowest BCUT2D eigenvalue weighted by Crippen LogP contribution is -2.27. The first-order valence-electron chi connectivity index (χ1n) is 6.19. The fourth-order valence-electron chi connectivity index (χ4n) is 1.89. The van der Waals surface area contributed by atoms with Crippen LogP contribution in [0.5, 0.6) is 0 Å². The summed E-state index contributed by atoms with van der Waals surface area (Å²) in [7, 11) is 1.82. The first-order valence-corrected chi connectivity index (χ1v) is 6.19. The molecular formula is C14H19N3O. The second-order valence-electron chi connectivity index (χ2n) is 4.82. The molecule has 0 unspecified atom stereocenters. The lowest BCUT2D eigenvalue weighted by Gasteiger charge is -2.11. The van der Waals surface area contributed by atoms with Crippen molar-refractivity contribution in [3.05, 3.63) is 30.0 Å². The molecule has 1 aromatic carbocycles. The Morgan fingerprint density at radius 2 is 2.17 bits per heavy atom. The number of hydrogen-bond acceptors (Lipinski definition) is 2. The van der Waals surface area contributed by atoms with Crippen LogP contribution in [0, 0.1) is 5.92 Å². The van der Waals surface area contributed by atoms with E-state index in [0.29, 0.717) is 18.0 Å². The number of H-pyrrole nitrogens is 1. The number of nitrogens with one attached hydrogen (secondary N) is 3. The van der Waals surface area contributed by atoms with Gasteiger partial charge in [-0.15, -0.1) is 0 Å². The van der Waals surface area contributed by atoms with Crippen LogP contribution in [0.2, 0.25) is 0 Å². The van der Waals surface area contributed by atoms with E-state index in [2.05, 4.69) is 29.5 Å². The number of anilines is 1. The fourth-order valence-corrected chi connectivity index (χ4v) is 1.89. The summed E-state index contributed by atoms with van der Waals surface area (Å²) >= 11 is 0. The highest BCUT2D eigenvalue weighted by molar-refractivity contribution is 6.03. The highest BCUT2D eigenvalue weighted by atomic mass is 16.1. The Bertz CT molecular complexity index is 557. The van der Waals surface area contributed by atoms with E-state index in [4.69, 9.17) is 0 Å². The summed E-state index contributed by atoms with van der Waals surface area (Å²) in [5.74, 6) is 0.416. The molecule has 1 heterocycles. The van der Waals surface area contributed by atoms with Crippen molar-refractivity contribution in [2.45, 2.75) is 13.8 Å². The number of carbonyl (C=O) groups excluding carboxylic acids is 1. The van der Waals surface area contributed by atoms with Gasteiger partial charge in [-0.25, -0.2) is 0 Å². The van der Waals surface area contributed by atoms with E-state index in [9.17, 15) is 4.79 Å². The van der Waals surface area contributed by atoms with Crippen molar-refractivity contribution >= 4 is 22.5 Å². The van der Waals surface area contributed by atoms with Crippen molar-refractivity contribution < 1.29 is 4.79 Å². The molecule has 0 atom stereocenters. The number of hydrogen-bond donors (Lipinski definition) is 3. The molecule has 0 spiro atoms. The molecule has 3 N–H and O–H groups in total. The van der Waals surface area contributed by atoms with Crippen LogP contribution < -0.4 is 10.6 Å². The van der Waals surface area contributed by atoms with Gasteiger partial charge in [-0.2, -0.15) is 0 Å². The van der Waals surface area contributed by atoms with Gasteiger partial charge in [0, 0.05) is 36.4 Å². The normalized spacial score (nSPS) is 10.9. The van der Waals surface area contributed by atoms with Gasteiger partial charge in [0.15, 0.2) is 0 Å². The van der Waals surface area contributed by atoms with E-state index in [0.717, 1.165) is 16.6 Å². The van der Waals surface area contributed by atoms with Gasteiger partial charge in [0.2, 0.25) is 0 Å². The molecule has 0 saturated heterocycles. The van der Waals surface area contributed by atoms with Crippen molar-refractivity contribution in [3.8, 4) is 0 Å². The molecule has 4 nitrogen and oxygen atoms in total. The Morgan fingerprint density at radius 3 is 2.83 bits per heavy atom. The molecule has 0 fully saturated rings. The molecule has 0 saturated carbocycles. The van der Waals surface area contributed by atoms with E-state index < -0.39 is 0 Å². The summed E-state index contributed by atoms with van der Waals surface area (Å²) in [5.41, 5.74) is 2.55. The minimum absolute atomic E-state index is 0.0313. The zero-order valence-electron chi connectivity index (χ0n) is 11.0. The second kappa shape index (κ2) is 5.12. The molecule has 96 valence electrons. The first-order chi connectivity index (χ1) is 8.61. The van der Waals surface area contributed by atoms with Crippen molar-refractivity contribution in [2.24, 2.45) is 5.92 Å². The minimum Gasteiger partial charge on any atom is -0.387 e. The molecule has 0 aliphatic rings. The molecule has 0 radical (unpaired) electrons. The monoisotopic (exact) mass is 245 g/mol. The largest absolute Gasteiger partial charge is 0.387 e. The standard InChI is InChI=1S/C14H19N3O/c1-9(2)8-17-14(18)11-6-10-4-5-16-12(10)7-13(11)15-3/h4-7,9,15-16H,8H2,1-3H3,(H,17,18). The maximum atomic E-state index is 12.1. The van der Waals surface area contributed by atoms with Gasteiger partial charge in [0.05, 0.1) is 5.56 Å². The SMILES string of the molecule is CNc1cc2[nH]ccc2cc1C(=O)NCC(C)C. The van der Waals surface area contributed by atoms with Gasteiger partial charge in [0.25, 0.3) is 5.91 Å². The van der Waals surface area contributed by atoms with Crippen molar-refractivity contribution in [3.63, 3.8) is 0 Å². The molecule has 1 amide bonds. The smallest absolute Gasteiger partial charge is 0.253 e. The summed E-state index contributed by atoms with van der Waals surface area (Å²) in [6.45, 7) is 4.84. The van der Waals surface area contributed by atoms with Gasteiger partial charge in [-0.3, -0.25) is 4.79 Å². The Labute approximate surface area is 107 Å². The van der Waals surface area contributed by atoms with Crippen LogP contribution in [0.25, 0.3) is 10.9 Å². The molecule has 0 aliphatic carbocycles. The quantitative estimate of drug-likeness (QED) is 0.775. The lowest BCUT2D eigenvalue weighted by molar-refractivity contribution is 0.0950. The van der Waals surface area contributed by atoms with Crippen LogP contribution >= 0.6 is 0 Å². The van der Waals surface area contributed by atoms with Crippen LogP contribution in [-0.2, 0) is 0 Å². The Hall–Kier alpha value is -1.97. The molecule has 2 aromatic rings. The average molecular weight is 245 g/mol. The van der Waals surface area contributed by atoms with E-state index >= 15 is 0 Å². The Balaban J connectivity index is 2.32. The van der Waals surface area contributed by atoms with E-state index in [1.807, 2.05) is 31.4 Å². The Morgan fingerprint density at radius 1 is 1.39 bits per heavy atom. The Kier molecular flexibility index (Phi) is 3.55. The number of fused-ring (bicyclic) bond motifs is 1. The zero-order chi connectivity index (χ0) is 13.1. The van der Waals surface area contributed by atoms with Crippen LogP contribution in [-0.4, -0.2) is 24.5 Å². The van der Waals surface area contributed by atoms with Crippen LogP contribution in [0.15, 0.2) is 24.4 Å². The molecule has 0 aliphatic heterocycles. The number of benzene rings is 1. The molecule has 0 bridgehead atoms. The van der Waals surface area contributed by atoms with Gasteiger partial charge in [-0.1, -0.05) is 13.8 Å². The van der Waals surface area contributed by atoms with Gasteiger partial charge >= 0.3 is 0 Å². The predicted molar refractivity (Wildman–Crippen MR) is 75.0 cm³/mol. The van der Waals surface area contributed by atoms with E-state index in [1.165, 1.54) is 0 Å². The molecule has 4 heteroatoms. The number of amides is 1. The summed E-state index contributed by atoms with van der Waals surface area (Å²) in [6.07, 6.45) is 1.87. The number of aromatic amines is 1. The van der Waals surface area contributed by atoms with Crippen LogP contribution in [0.4, 0.5) is 5.69 Å². The lowest BCUT2D eigenvalue weighted by atomic mass is 10.1. The zero-order valence-corrected chi connectivity index (χ0v) is 11.0. The third-order valence-electron chi connectivity index (χ3n) is 2.88.